The molecule has 0 atom stereocenters. The number of fused-ring (bicyclic) bond motifs is 1. The number of nitrogens with one attached hydrogen (secondary N) is 1. The fourth-order valence-corrected chi connectivity index (χ4v) is 1.90. The second kappa shape index (κ2) is 7.28. The predicted octanol–water partition coefficient (Wildman–Crippen LogP) is 2.67. The monoisotopic (exact) mass is 279 g/mol. The summed E-state index contributed by atoms with van der Waals surface area (Å²) in [5.74, 6) is 0. The van der Waals surface area contributed by atoms with Crippen molar-refractivity contribution in [2.24, 2.45) is 0 Å². The Morgan fingerprint density at radius 1 is 1.37 bits per heavy atom. The molecule has 0 aliphatic carbocycles. The zero-order chi connectivity index (χ0) is 13.5. The number of ether oxygens (including phenoxy) is 1. The lowest BCUT2D eigenvalue weighted by Gasteiger charge is -2.03. The smallest absolute Gasteiger partial charge is 0.137 e. The van der Waals surface area contributed by atoms with E-state index in [1.165, 1.54) is 0 Å². The molecule has 4 nitrogen and oxygen atoms in total. The second-order valence-corrected chi connectivity index (χ2v) is 4.65. The largest absolute Gasteiger partial charge is 0.380 e. The molecule has 5 heteroatoms. The second-order valence-electron chi connectivity index (χ2n) is 4.21. The highest BCUT2D eigenvalue weighted by atomic mass is 35.5. The Morgan fingerprint density at radius 2 is 2.26 bits per heavy atom. The van der Waals surface area contributed by atoms with Crippen LogP contribution in [-0.2, 0) is 11.3 Å². The molecule has 2 aromatic heterocycles. The molecule has 2 aromatic rings. The first-order valence-electron chi connectivity index (χ1n) is 6.32. The van der Waals surface area contributed by atoms with Crippen LogP contribution in [-0.4, -0.2) is 29.1 Å². The summed E-state index contributed by atoms with van der Waals surface area (Å²) in [7, 11) is 0. The zero-order valence-corrected chi connectivity index (χ0v) is 11.6. The Balaban J connectivity index is 1.74. The number of aromatic nitrogens is 2. The SMILES string of the molecule is C=CCCOCCNCc1cn2cc(Cl)ccc2n1. The maximum Gasteiger partial charge on any atom is 0.137 e. The van der Waals surface area contributed by atoms with Gasteiger partial charge in [0, 0.05) is 25.5 Å². The Morgan fingerprint density at radius 3 is 3.11 bits per heavy atom. The molecule has 19 heavy (non-hydrogen) atoms. The summed E-state index contributed by atoms with van der Waals surface area (Å²) < 4.78 is 7.34. The minimum atomic E-state index is 0.701. The molecule has 0 aromatic carbocycles. The molecular weight excluding hydrogens is 262 g/mol. The van der Waals surface area contributed by atoms with Gasteiger partial charge in [-0.1, -0.05) is 17.7 Å². The molecule has 0 fully saturated rings. The molecule has 0 aliphatic rings. The topological polar surface area (TPSA) is 38.6 Å². The van der Waals surface area contributed by atoms with Gasteiger partial charge in [-0.3, -0.25) is 0 Å². The Labute approximate surface area is 118 Å². The molecule has 102 valence electrons. The summed E-state index contributed by atoms with van der Waals surface area (Å²) in [5, 5.41) is 4.00. The van der Waals surface area contributed by atoms with Gasteiger partial charge in [-0.25, -0.2) is 4.98 Å². The van der Waals surface area contributed by atoms with Crippen LogP contribution in [0.25, 0.3) is 5.65 Å². The minimum absolute atomic E-state index is 0.701. The number of hydrogen-bond donors (Lipinski definition) is 1. The highest BCUT2D eigenvalue weighted by Gasteiger charge is 2.01. The third kappa shape index (κ3) is 4.35. The number of nitrogens with zero attached hydrogens (tertiary/aromatic N) is 2. The number of pyridine rings is 1. The summed E-state index contributed by atoms with van der Waals surface area (Å²) in [6.45, 7) is 6.62. The van der Waals surface area contributed by atoms with Crippen molar-refractivity contribution in [2.75, 3.05) is 19.8 Å². The van der Waals surface area contributed by atoms with Gasteiger partial charge in [0.2, 0.25) is 0 Å². The fourth-order valence-electron chi connectivity index (χ4n) is 1.73. The Hall–Kier alpha value is -1.36. The first-order valence-corrected chi connectivity index (χ1v) is 6.70. The van der Waals surface area contributed by atoms with Gasteiger partial charge in [-0.2, -0.15) is 0 Å². The van der Waals surface area contributed by atoms with Crippen LogP contribution in [0.2, 0.25) is 5.02 Å². The van der Waals surface area contributed by atoms with Crippen LogP contribution in [0, 0.1) is 0 Å². The normalized spacial score (nSPS) is 11.0. The van der Waals surface area contributed by atoms with Gasteiger partial charge in [0.15, 0.2) is 0 Å². The van der Waals surface area contributed by atoms with E-state index in [-0.39, 0.29) is 0 Å². The van der Waals surface area contributed by atoms with Crippen LogP contribution >= 0.6 is 11.6 Å². The van der Waals surface area contributed by atoms with Gasteiger partial charge in [-0.05, 0) is 18.6 Å². The molecular formula is C14H18ClN3O. The quantitative estimate of drug-likeness (QED) is 0.596. The van der Waals surface area contributed by atoms with Gasteiger partial charge in [0.1, 0.15) is 5.65 Å². The lowest BCUT2D eigenvalue weighted by Crippen LogP contribution is -2.19. The average molecular weight is 280 g/mol. The number of halogens is 1. The third-order valence-electron chi connectivity index (χ3n) is 2.66. The first kappa shape index (κ1) is 14.1. The van der Waals surface area contributed by atoms with Crippen LogP contribution in [0.5, 0.6) is 0 Å². The van der Waals surface area contributed by atoms with Crippen molar-refractivity contribution in [2.45, 2.75) is 13.0 Å². The van der Waals surface area contributed by atoms with Gasteiger partial charge in [0.25, 0.3) is 0 Å². The molecule has 0 saturated heterocycles. The maximum atomic E-state index is 5.93. The van der Waals surface area contributed by atoms with E-state index in [0.717, 1.165) is 37.5 Å². The summed E-state index contributed by atoms with van der Waals surface area (Å²) in [5.41, 5.74) is 1.90. The summed E-state index contributed by atoms with van der Waals surface area (Å²) >= 11 is 5.93. The van der Waals surface area contributed by atoms with Crippen molar-refractivity contribution in [3.63, 3.8) is 0 Å². The van der Waals surface area contributed by atoms with E-state index in [2.05, 4.69) is 16.9 Å². The summed E-state index contributed by atoms with van der Waals surface area (Å²) in [6, 6.07) is 3.75. The fraction of sp³-hybridized carbons (Fsp3) is 0.357. The van der Waals surface area contributed by atoms with Crippen LogP contribution < -0.4 is 5.32 Å². The van der Waals surface area contributed by atoms with Gasteiger partial charge >= 0.3 is 0 Å². The molecule has 0 unspecified atom stereocenters. The van der Waals surface area contributed by atoms with E-state index in [9.17, 15) is 0 Å². The van der Waals surface area contributed by atoms with Crippen molar-refractivity contribution in [3.05, 3.63) is 47.9 Å². The van der Waals surface area contributed by atoms with Crippen LogP contribution in [0.3, 0.4) is 0 Å². The molecule has 2 heterocycles. The van der Waals surface area contributed by atoms with Crippen LogP contribution in [0.4, 0.5) is 0 Å². The molecule has 0 bridgehead atoms. The standard InChI is InChI=1S/C14H18ClN3O/c1-2-3-7-19-8-6-16-9-13-11-18-10-12(15)4-5-14(18)17-13/h2,4-5,10-11,16H,1,3,6-9H2. The third-order valence-corrected chi connectivity index (χ3v) is 2.88. The molecule has 0 radical (unpaired) electrons. The molecule has 0 aliphatic heterocycles. The van der Waals surface area contributed by atoms with E-state index >= 15 is 0 Å². The highest BCUT2D eigenvalue weighted by molar-refractivity contribution is 6.30. The Kier molecular flexibility index (Phi) is 5.39. The number of imidazole rings is 1. The van der Waals surface area contributed by atoms with Crippen molar-refractivity contribution in [1.29, 1.82) is 0 Å². The lowest BCUT2D eigenvalue weighted by molar-refractivity contribution is 0.140. The molecule has 2 rings (SSSR count). The number of hydrogen-bond acceptors (Lipinski definition) is 3. The van der Waals surface area contributed by atoms with Crippen molar-refractivity contribution in [3.8, 4) is 0 Å². The van der Waals surface area contributed by atoms with Crippen molar-refractivity contribution >= 4 is 17.2 Å². The van der Waals surface area contributed by atoms with Crippen LogP contribution in [0.15, 0.2) is 37.2 Å². The summed E-state index contributed by atoms with van der Waals surface area (Å²) in [6.07, 6.45) is 6.58. The predicted molar refractivity (Wildman–Crippen MR) is 77.5 cm³/mol. The van der Waals surface area contributed by atoms with Gasteiger partial charge in [-0.15, -0.1) is 6.58 Å². The molecule has 0 spiro atoms. The van der Waals surface area contributed by atoms with Gasteiger partial charge in [0.05, 0.1) is 23.9 Å². The van der Waals surface area contributed by atoms with E-state index in [4.69, 9.17) is 16.3 Å². The van der Waals surface area contributed by atoms with E-state index in [1.54, 1.807) is 0 Å². The van der Waals surface area contributed by atoms with E-state index < -0.39 is 0 Å². The van der Waals surface area contributed by atoms with Crippen molar-refractivity contribution in [1.82, 2.24) is 14.7 Å². The average Bonchev–Trinajstić information content (AvgIpc) is 2.79. The Bertz CT molecular complexity index is 538. The first-order chi connectivity index (χ1) is 9.29. The molecule has 1 N–H and O–H groups in total. The highest BCUT2D eigenvalue weighted by Crippen LogP contribution is 2.11. The zero-order valence-electron chi connectivity index (χ0n) is 10.8. The van der Waals surface area contributed by atoms with Crippen LogP contribution in [0.1, 0.15) is 12.1 Å². The van der Waals surface area contributed by atoms with Crippen molar-refractivity contribution < 1.29 is 4.74 Å². The summed E-state index contributed by atoms with van der Waals surface area (Å²) in [4.78, 5) is 4.49. The molecule has 0 saturated carbocycles. The lowest BCUT2D eigenvalue weighted by atomic mass is 10.4. The number of rotatable bonds is 8. The van der Waals surface area contributed by atoms with E-state index in [1.807, 2.05) is 35.0 Å². The molecule has 0 amide bonds. The maximum absolute atomic E-state index is 5.93. The van der Waals surface area contributed by atoms with E-state index in [0.29, 0.717) is 11.6 Å². The van der Waals surface area contributed by atoms with Gasteiger partial charge < -0.3 is 14.5 Å². The minimum Gasteiger partial charge on any atom is -0.380 e.